The fourth-order valence-electron chi connectivity index (χ4n) is 2.81. The highest BCUT2D eigenvalue weighted by molar-refractivity contribution is 7.99. The molecule has 0 aliphatic carbocycles. The van der Waals surface area contributed by atoms with Crippen molar-refractivity contribution in [1.29, 1.82) is 5.26 Å². The molecule has 0 bridgehead atoms. The van der Waals surface area contributed by atoms with Gasteiger partial charge in [-0.25, -0.2) is 0 Å². The summed E-state index contributed by atoms with van der Waals surface area (Å²) in [5, 5.41) is 15.3. The molecule has 1 aliphatic heterocycles. The lowest BCUT2D eigenvalue weighted by Gasteiger charge is -2.24. The van der Waals surface area contributed by atoms with E-state index in [0.29, 0.717) is 11.1 Å². The van der Waals surface area contributed by atoms with Gasteiger partial charge >= 0.3 is 0 Å². The van der Waals surface area contributed by atoms with Gasteiger partial charge in [-0.1, -0.05) is 24.3 Å². The maximum Gasteiger partial charge on any atom is 0.252 e. The van der Waals surface area contributed by atoms with Crippen molar-refractivity contribution in [2.75, 3.05) is 18.1 Å². The van der Waals surface area contributed by atoms with Crippen LogP contribution < -0.4 is 10.6 Å². The van der Waals surface area contributed by atoms with Crippen molar-refractivity contribution in [2.24, 2.45) is 0 Å². The first-order chi connectivity index (χ1) is 11.7. The standard InChI is InChI=1S/C19H19N3OS/c1-13-16(15-7-5-14(11-20)6-8-15)3-2-4-17(13)19(23)22-18-12-24-10-9-21-18/h2-8,18,21H,9-10,12H2,1H3,(H,22,23). The summed E-state index contributed by atoms with van der Waals surface area (Å²) in [6.45, 7) is 2.88. The van der Waals surface area contributed by atoms with Crippen LogP contribution >= 0.6 is 11.8 Å². The van der Waals surface area contributed by atoms with Crippen LogP contribution in [0.25, 0.3) is 11.1 Å². The van der Waals surface area contributed by atoms with E-state index >= 15 is 0 Å². The van der Waals surface area contributed by atoms with Gasteiger partial charge in [0.25, 0.3) is 5.91 Å². The van der Waals surface area contributed by atoms with Crippen molar-refractivity contribution in [3.63, 3.8) is 0 Å². The van der Waals surface area contributed by atoms with Crippen LogP contribution in [-0.4, -0.2) is 30.1 Å². The van der Waals surface area contributed by atoms with E-state index in [0.717, 1.165) is 34.7 Å². The number of benzene rings is 2. The predicted octanol–water partition coefficient (Wildman–Crippen LogP) is 2.93. The molecule has 2 N–H and O–H groups in total. The van der Waals surface area contributed by atoms with Crippen molar-refractivity contribution in [3.05, 3.63) is 59.2 Å². The molecule has 1 heterocycles. The van der Waals surface area contributed by atoms with Crippen molar-refractivity contribution in [1.82, 2.24) is 10.6 Å². The van der Waals surface area contributed by atoms with Crippen LogP contribution in [0.1, 0.15) is 21.5 Å². The molecule has 2 aromatic carbocycles. The first-order valence-corrected chi connectivity index (χ1v) is 9.06. The fraction of sp³-hybridized carbons (Fsp3) is 0.263. The highest BCUT2D eigenvalue weighted by Gasteiger charge is 2.18. The Bertz CT molecular complexity index is 774. The summed E-state index contributed by atoms with van der Waals surface area (Å²) in [4.78, 5) is 12.6. The lowest BCUT2D eigenvalue weighted by atomic mass is 9.95. The van der Waals surface area contributed by atoms with Crippen LogP contribution in [0.4, 0.5) is 0 Å². The van der Waals surface area contributed by atoms with Crippen LogP contribution in [0, 0.1) is 18.3 Å². The third-order valence-corrected chi connectivity index (χ3v) is 5.19. The molecule has 2 aromatic rings. The molecular formula is C19H19N3OS. The lowest BCUT2D eigenvalue weighted by Crippen LogP contribution is -2.50. The van der Waals surface area contributed by atoms with E-state index in [9.17, 15) is 4.79 Å². The number of nitrogens with zero attached hydrogens (tertiary/aromatic N) is 1. The van der Waals surface area contributed by atoms with Gasteiger partial charge in [0.1, 0.15) is 0 Å². The highest BCUT2D eigenvalue weighted by atomic mass is 32.2. The van der Waals surface area contributed by atoms with Gasteiger partial charge in [-0.2, -0.15) is 17.0 Å². The zero-order valence-electron chi connectivity index (χ0n) is 13.5. The van der Waals surface area contributed by atoms with E-state index in [-0.39, 0.29) is 12.1 Å². The quantitative estimate of drug-likeness (QED) is 0.904. The minimum Gasteiger partial charge on any atom is -0.336 e. The third-order valence-electron chi connectivity index (χ3n) is 4.13. The van der Waals surface area contributed by atoms with Crippen molar-refractivity contribution in [3.8, 4) is 17.2 Å². The Morgan fingerprint density at radius 2 is 2.08 bits per heavy atom. The smallest absolute Gasteiger partial charge is 0.252 e. The molecule has 0 spiro atoms. The number of nitriles is 1. The van der Waals surface area contributed by atoms with Gasteiger partial charge < -0.3 is 5.32 Å². The van der Waals surface area contributed by atoms with Gasteiger partial charge in [-0.3, -0.25) is 10.1 Å². The van der Waals surface area contributed by atoms with Gasteiger partial charge in [-0.15, -0.1) is 0 Å². The average Bonchev–Trinajstić information content (AvgIpc) is 2.63. The number of carbonyl (C=O) groups is 1. The second-order valence-corrected chi connectivity index (χ2v) is 6.87. The van der Waals surface area contributed by atoms with E-state index in [2.05, 4.69) is 16.7 Å². The lowest BCUT2D eigenvalue weighted by molar-refractivity contribution is 0.0933. The van der Waals surface area contributed by atoms with Crippen LogP contribution in [0.3, 0.4) is 0 Å². The second kappa shape index (κ2) is 7.52. The Hall–Kier alpha value is -2.29. The molecule has 1 atom stereocenters. The number of nitrogens with one attached hydrogen (secondary N) is 2. The fourth-order valence-corrected chi connectivity index (χ4v) is 3.68. The molecule has 0 aromatic heterocycles. The zero-order valence-corrected chi connectivity index (χ0v) is 14.3. The van der Waals surface area contributed by atoms with Crippen LogP contribution in [0.2, 0.25) is 0 Å². The Labute approximate surface area is 146 Å². The Morgan fingerprint density at radius 1 is 1.29 bits per heavy atom. The molecule has 5 heteroatoms. The van der Waals surface area contributed by atoms with E-state index in [4.69, 9.17) is 5.26 Å². The van der Waals surface area contributed by atoms with Crippen LogP contribution in [-0.2, 0) is 0 Å². The molecule has 0 radical (unpaired) electrons. The molecule has 4 nitrogen and oxygen atoms in total. The molecule has 0 saturated carbocycles. The SMILES string of the molecule is Cc1c(C(=O)NC2CSCCN2)cccc1-c1ccc(C#N)cc1. The summed E-state index contributed by atoms with van der Waals surface area (Å²) in [5.74, 6) is 1.92. The predicted molar refractivity (Wildman–Crippen MR) is 97.9 cm³/mol. The summed E-state index contributed by atoms with van der Waals surface area (Å²) in [6.07, 6.45) is 0.0224. The molecule has 1 aliphatic rings. The second-order valence-electron chi connectivity index (χ2n) is 5.72. The Balaban J connectivity index is 1.84. The first-order valence-electron chi connectivity index (χ1n) is 7.91. The van der Waals surface area contributed by atoms with Crippen LogP contribution in [0.5, 0.6) is 0 Å². The summed E-state index contributed by atoms with van der Waals surface area (Å²) in [5.41, 5.74) is 4.29. The van der Waals surface area contributed by atoms with E-state index in [1.807, 2.05) is 49.0 Å². The topological polar surface area (TPSA) is 64.9 Å². The number of rotatable bonds is 3. The van der Waals surface area contributed by atoms with Gasteiger partial charge in [-0.05, 0) is 41.8 Å². The van der Waals surface area contributed by atoms with Crippen molar-refractivity contribution >= 4 is 17.7 Å². The number of hydrogen-bond donors (Lipinski definition) is 2. The zero-order chi connectivity index (χ0) is 16.9. The van der Waals surface area contributed by atoms with Gasteiger partial charge in [0, 0.05) is 23.6 Å². The largest absolute Gasteiger partial charge is 0.336 e. The minimum absolute atomic E-state index is 0.0224. The third kappa shape index (κ3) is 3.61. The van der Waals surface area contributed by atoms with Crippen LogP contribution in [0.15, 0.2) is 42.5 Å². The first kappa shape index (κ1) is 16.6. The van der Waals surface area contributed by atoms with E-state index in [1.54, 1.807) is 12.1 Å². The molecule has 1 fully saturated rings. The summed E-state index contributed by atoms with van der Waals surface area (Å²) < 4.78 is 0. The molecule has 1 unspecified atom stereocenters. The summed E-state index contributed by atoms with van der Waals surface area (Å²) in [7, 11) is 0. The van der Waals surface area contributed by atoms with Gasteiger partial charge in [0.15, 0.2) is 0 Å². The van der Waals surface area contributed by atoms with Crippen molar-refractivity contribution < 1.29 is 4.79 Å². The molecule has 1 saturated heterocycles. The number of amides is 1. The molecule has 3 rings (SSSR count). The van der Waals surface area contributed by atoms with Gasteiger partial charge in [0.05, 0.1) is 17.8 Å². The Kier molecular flexibility index (Phi) is 5.19. The monoisotopic (exact) mass is 337 g/mol. The molecular weight excluding hydrogens is 318 g/mol. The van der Waals surface area contributed by atoms with Crippen molar-refractivity contribution in [2.45, 2.75) is 13.1 Å². The Morgan fingerprint density at radius 3 is 2.75 bits per heavy atom. The maximum atomic E-state index is 12.6. The highest BCUT2D eigenvalue weighted by Crippen LogP contribution is 2.26. The molecule has 1 amide bonds. The normalized spacial score (nSPS) is 17.1. The minimum atomic E-state index is -0.0528. The molecule has 122 valence electrons. The van der Waals surface area contributed by atoms with E-state index < -0.39 is 0 Å². The summed E-state index contributed by atoms with van der Waals surface area (Å²) in [6, 6.07) is 15.3. The molecule has 24 heavy (non-hydrogen) atoms. The summed E-state index contributed by atoms with van der Waals surface area (Å²) >= 11 is 1.84. The number of hydrogen-bond acceptors (Lipinski definition) is 4. The van der Waals surface area contributed by atoms with Gasteiger partial charge in [0.2, 0.25) is 0 Å². The number of carbonyl (C=O) groups excluding carboxylic acids is 1. The average molecular weight is 337 g/mol. The van der Waals surface area contributed by atoms with E-state index in [1.165, 1.54) is 0 Å². The maximum absolute atomic E-state index is 12.6. The number of thioether (sulfide) groups is 1.